The van der Waals surface area contributed by atoms with Crippen LogP contribution in [0.25, 0.3) is 0 Å². The number of esters is 4. The van der Waals surface area contributed by atoms with Crippen molar-refractivity contribution in [2.24, 2.45) is 23.7 Å². The lowest BCUT2D eigenvalue weighted by molar-refractivity contribution is -0.161. The molecule has 3 unspecified atom stereocenters. The van der Waals surface area contributed by atoms with Crippen LogP contribution in [0, 0.1) is 23.7 Å². The summed E-state index contributed by atoms with van der Waals surface area (Å²) in [5.74, 6) is 0.821. The van der Waals surface area contributed by atoms with E-state index in [-0.39, 0.29) is 25.7 Å². The van der Waals surface area contributed by atoms with Crippen LogP contribution in [0.1, 0.15) is 357 Å². The summed E-state index contributed by atoms with van der Waals surface area (Å²) >= 11 is 0. The Morgan fingerprint density at radius 1 is 0.275 bits per heavy atom. The molecular formula is C72H140O17P2. The lowest BCUT2D eigenvalue weighted by atomic mass is 10.0. The van der Waals surface area contributed by atoms with Crippen LogP contribution >= 0.6 is 15.6 Å². The Morgan fingerprint density at radius 2 is 0.462 bits per heavy atom. The molecule has 0 aliphatic heterocycles. The van der Waals surface area contributed by atoms with Crippen molar-refractivity contribution < 1.29 is 80.2 Å². The summed E-state index contributed by atoms with van der Waals surface area (Å²) in [4.78, 5) is 72.6. The van der Waals surface area contributed by atoms with Gasteiger partial charge in [-0.3, -0.25) is 37.3 Å². The van der Waals surface area contributed by atoms with Crippen molar-refractivity contribution in [1.29, 1.82) is 0 Å². The van der Waals surface area contributed by atoms with Crippen LogP contribution < -0.4 is 0 Å². The van der Waals surface area contributed by atoms with Crippen LogP contribution in [-0.2, 0) is 65.4 Å². The van der Waals surface area contributed by atoms with E-state index < -0.39 is 97.5 Å². The van der Waals surface area contributed by atoms with Gasteiger partial charge in [0.15, 0.2) is 12.2 Å². The van der Waals surface area contributed by atoms with Gasteiger partial charge in [0.2, 0.25) is 0 Å². The van der Waals surface area contributed by atoms with Gasteiger partial charge in [-0.15, -0.1) is 0 Å². The number of aliphatic hydroxyl groups excluding tert-OH is 1. The van der Waals surface area contributed by atoms with E-state index >= 15 is 0 Å². The predicted molar refractivity (Wildman–Crippen MR) is 367 cm³/mol. The van der Waals surface area contributed by atoms with E-state index in [1.54, 1.807) is 0 Å². The highest BCUT2D eigenvalue weighted by atomic mass is 31.2. The number of rotatable bonds is 69. The van der Waals surface area contributed by atoms with E-state index in [1.165, 1.54) is 154 Å². The molecule has 17 nitrogen and oxygen atoms in total. The number of carbonyl (C=O) groups excluding carboxylic acids is 4. The molecule has 0 heterocycles. The Kier molecular flexibility index (Phi) is 60.3. The number of ether oxygens (including phenoxy) is 4. The maximum Gasteiger partial charge on any atom is 0.472 e. The lowest BCUT2D eigenvalue weighted by Gasteiger charge is -2.21. The molecule has 0 fully saturated rings. The van der Waals surface area contributed by atoms with Gasteiger partial charge in [0.25, 0.3) is 0 Å². The fourth-order valence-electron chi connectivity index (χ4n) is 10.8. The van der Waals surface area contributed by atoms with E-state index in [2.05, 4.69) is 55.4 Å². The zero-order valence-corrected chi connectivity index (χ0v) is 61.3. The summed E-state index contributed by atoms with van der Waals surface area (Å²) in [5, 5.41) is 10.6. The van der Waals surface area contributed by atoms with E-state index in [0.717, 1.165) is 108 Å². The molecule has 91 heavy (non-hydrogen) atoms. The molecular weight excluding hydrogens is 1200 g/mol. The second kappa shape index (κ2) is 61.6. The SMILES string of the molecule is CC(C)CCCCCCCCCCCCCCCC(=O)OC[C@H](COP(=O)(O)OCC(O)COP(=O)(O)OC[C@@H](COC(=O)CCCCCCCCCC(C)C)OC(=O)CCCCCCCCC(C)C)OC(=O)CCCCCCCCCCCCCCCC(C)C. The molecule has 0 bridgehead atoms. The zero-order chi connectivity index (χ0) is 67.5. The first-order chi connectivity index (χ1) is 43.6. The number of hydrogen-bond donors (Lipinski definition) is 3. The number of carbonyl (C=O) groups is 4. The lowest BCUT2D eigenvalue weighted by Crippen LogP contribution is -2.30. The third-order valence-corrected chi connectivity index (χ3v) is 18.5. The van der Waals surface area contributed by atoms with E-state index in [0.29, 0.717) is 37.5 Å². The fourth-order valence-corrected chi connectivity index (χ4v) is 12.4. The van der Waals surface area contributed by atoms with Gasteiger partial charge in [0.05, 0.1) is 26.4 Å². The highest BCUT2D eigenvalue weighted by Gasteiger charge is 2.30. The van der Waals surface area contributed by atoms with Gasteiger partial charge in [-0.25, -0.2) is 9.13 Å². The molecule has 0 aliphatic carbocycles. The molecule has 0 rings (SSSR count). The van der Waals surface area contributed by atoms with Crippen molar-refractivity contribution in [2.75, 3.05) is 39.6 Å². The van der Waals surface area contributed by atoms with Crippen LogP contribution in [-0.4, -0.2) is 96.7 Å². The molecule has 0 aromatic heterocycles. The molecule has 0 aromatic carbocycles. The Balaban J connectivity index is 5.23. The zero-order valence-electron chi connectivity index (χ0n) is 59.5. The summed E-state index contributed by atoms with van der Waals surface area (Å²) in [6.45, 7) is 14.1. The second-order valence-corrected chi connectivity index (χ2v) is 30.8. The Hall–Kier alpha value is -1.94. The first-order valence-corrected chi connectivity index (χ1v) is 40.2. The summed E-state index contributed by atoms with van der Waals surface area (Å²) < 4.78 is 68.3. The smallest absolute Gasteiger partial charge is 0.462 e. The van der Waals surface area contributed by atoms with E-state index in [9.17, 15) is 43.2 Å². The summed E-state index contributed by atoms with van der Waals surface area (Å²) in [6, 6.07) is 0. The molecule has 540 valence electrons. The molecule has 0 amide bonds. The standard InChI is InChI=1S/C72H140O17P2/c1-62(2)48-40-32-24-19-15-11-9-13-17-21-27-36-44-52-69(74)82-58-67(88-71(76)54-46-38-28-22-18-14-10-12-16-20-25-33-41-49-63(3)4)60-86-90(78,79)84-56-66(73)57-85-91(80,81)87-61-68(89-72(77)55-47-39-31-30-35-43-51-65(7)8)59-83-70(75)53-45-37-29-23-26-34-42-50-64(5)6/h62-68,73H,9-61H2,1-8H3,(H,78,79)(H,80,81)/t66?,67-,68-/m1/s1. The molecule has 0 radical (unpaired) electrons. The molecule has 0 saturated carbocycles. The average Bonchev–Trinajstić information content (AvgIpc) is 2.63. The van der Waals surface area contributed by atoms with Gasteiger partial charge in [0, 0.05) is 25.7 Å². The van der Waals surface area contributed by atoms with Crippen LogP contribution in [0.4, 0.5) is 0 Å². The number of aliphatic hydroxyl groups is 1. The quantitative estimate of drug-likeness (QED) is 0.0222. The largest absolute Gasteiger partial charge is 0.472 e. The van der Waals surface area contributed by atoms with Gasteiger partial charge in [-0.05, 0) is 49.4 Å². The number of phosphoric acid groups is 2. The van der Waals surface area contributed by atoms with Crippen LogP contribution in [0.3, 0.4) is 0 Å². The first-order valence-electron chi connectivity index (χ1n) is 37.2. The molecule has 0 saturated heterocycles. The molecule has 0 spiro atoms. The summed E-state index contributed by atoms with van der Waals surface area (Å²) in [6.07, 6.45) is 44.7. The number of phosphoric ester groups is 2. The van der Waals surface area contributed by atoms with Crippen molar-refractivity contribution in [2.45, 2.75) is 375 Å². The minimum absolute atomic E-state index is 0.101. The Morgan fingerprint density at radius 3 is 0.681 bits per heavy atom. The number of unbranched alkanes of at least 4 members (excludes halogenated alkanes) is 35. The minimum atomic E-state index is -4.95. The molecule has 19 heteroatoms. The maximum absolute atomic E-state index is 13.0. The highest BCUT2D eigenvalue weighted by Crippen LogP contribution is 2.45. The van der Waals surface area contributed by atoms with Gasteiger partial charge < -0.3 is 33.8 Å². The molecule has 5 atom stereocenters. The normalized spacial score (nSPS) is 14.2. The summed E-state index contributed by atoms with van der Waals surface area (Å²) in [5.41, 5.74) is 0. The van der Waals surface area contributed by atoms with Crippen molar-refractivity contribution in [3.05, 3.63) is 0 Å². The van der Waals surface area contributed by atoms with Crippen LogP contribution in [0.5, 0.6) is 0 Å². The van der Waals surface area contributed by atoms with Crippen molar-refractivity contribution in [1.82, 2.24) is 0 Å². The van der Waals surface area contributed by atoms with E-state index in [1.807, 2.05) is 0 Å². The van der Waals surface area contributed by atoms with Crippen molar-refractivity contribution in [3.8, 4) is 0 Å². The van der Waals surface area contributed by atoms with Gasteiger partial charge in [0.1, 0.15) is 19.3 Å². The Labute approximate surface area is 556 Å². The van der Waals surface area contributed by atoms with Crippen molar-refractivity contribution >= 4 is 39.5 Å². The first kappa shape index (κ1) is 89.1. The maximum atomic E-state index is 13.0. The monoisotopic (exact) mass is 1340 g/mol. The molecule has 3 N–H and O–H groups in total. The Bertz CT molecular complexity index is 1800. The predicted octanol–water partition coefficient (Wildman–Crippen LogP) is 20.5. The van der Waals surface area contributed by atoms with E-state index in [4.69, 9.17) is 37.0 Å². The van der Waals surface area contributed by atoms with Crippen LogP contribution in [0.15, 0.2) is 0 Å². The third-order valence-electron chi connectivity index (χ3n) is 16.6. The third kappa shape index (κ3) is 66.5. The minimum Gasteiger partial charge on any atom is -0.462 e. The molecule has 0 aromatic rings. The van der Waals surface area contributed by atoms with Gasteiger partial charge in [-0.2, -0.15) is 0 Å². The van der Waals surface area contributed by atoms with Gasteiger partial charge >= 0.3 is 39.5 Å². The topological polar surface area (TPSA) is 237 Å². The molecule has 0 aliphatic rings. The van der Waals surface area contributed by atoms with Crippen LogP contribution in [0.2, 0.25) is 0 Å². The van der Waals surface area contributed by atoms with Gasteiger partial charge in [-0.1, -0.05) is 306 Å². The summed E-state index contributed by atoms with van der Waals surface area (Å²) in [7, 11) is -9.90. The fraction of sp³-hybridized carbons (Fsp3) is 0.944. The van der Waals surface area contributed by atoms with Crippen molar-refractivity contribution in [3.63, 3.8) is 0 Å². The highest BCUT2D eigenvalue weighted by molar-refractivity contribution is 7.47. The average molecular weight is 1340 g/mol. The second-order valence-electron chi connectivity index (χ2n) is 27.9. The number of hydrogen-bond acceptors (Lipinski definition) is 15.